The molecule has 33 heavy (non-hydrogen) atoms. The number of carbonyl (C=O) groups is 1. The van der Waals surface area contributed by atoms with Crippen LogP contribution in [0, 0.1) is 12.8 Å². The second-order valence-corrected chi connectivity index (χ2v) is 9.45. The third kappa shape index (κ3) is 5.85. The number of nitrogens with one attached hydrogen (secondary N) is 1. The van der Waals surface area contributed by atoms with E-state index < -0.39 is 0 Å². The van der Waals surface area contributed by atoms with Gasteiger partial charge in [-0.25, -0.2) is 9.97 Å². The lowest BCUT2D eigenvalue weighted by atomic mass is 9.96. The van der Waals surface area contributed by atoms with Crippen molar-refractivity contribution in [2.24, 2.45) is 5.92 Å². The third-order valence-corrected chi connectivity index (χ3v) is 6.92. The first-order valence-electron chi connectivity index (χ1n) is 11.3. The van der Waals surface area contributed by atoms with Gasteiger partial charge in [0.2, 0.25) is 5.91 Å². The van der Waals surface area contributed by atoms with Crippen molar-refractivity contribution in [1.82, 2.24) is 15.3 Å². The minimum Gasteiger partial charge on any atom is -0.497 e. The Morgan fingerprint density at radius 2 is 1.97 bits per heavy atom. The molecule has 1 amide bonds. The Morgan fingerprint density at radius 3 is 2.76 bits per heavy atom. The number of carbonyl (C=O) groups excluding carboxylic acids is 1. The van der Waals surface area contributed by atoms with E-state index >= 15 is 0 Å². The first kappa shape index (κ1) is 23.1. The Kier molecular flexibility index (Phi) is 7.50. The predicted octanol–water partition coefficient (Wildman–Crippen LogP) is 5.04. The maximum Gasteiger partial charge on any atom is 0.225 e. The fourth-order valence-electron chi connectivity index (χ4n) is 4.03. The minimum atomic E-state index is -0.0916. The van der Waals surface area contributed by atoms with Gasteiger partial charge in [0.25, 0.3) is 0 Å². The number of piperidine rings is 1. The van der Waals surface area contributed by atoms with Gasteiger partial charge >= 0.3 is 0 Å². The topological polar surface area (TPSA) is 67.3 Å². The number of hydrogen-bond acceptors (Lipinski definition) is 6. The average Bonchev–Trinajstić information content (AvgIpc) is 2.86. The summed E-state index contributed by atoms with van der Waals surface area (Å²) in [6.45, 7) is 5.59. The zero-order valence-electron chi connectivity index (χ0n) is 19.3. The number of anilines is 1. The third-order valence-electron chi connectivity index (χ3n) is 5.93. The normalized spacial score (nSPS) is 16.8. The highest BCUT2D eigenvalue weighted by molar-refractivity contribution is 7.99. The molecule has 7 heteroatoms. The molecule has 0 unspecified atom stereocenters. The number of nitrogens with zero attached hydrogens (tertiary/aromatic N) is 3. The van der Waals surface area contributed by atoms with Crippen LogP contribution in [0.3, 0.4) is 0 Å². The van der Waals surface area contributed by atoms with E-state index in [1.807, 2.05) is 31.2 Å². The molecule has 0 aliphatic carbocycles. The van der Waals surface area contributed by atoms with Crippen molar-refractivity contribution in [2.45, 2.75) is 42.7 Å². The first-order valence-corrected chi connectivity index (χ1v) is 12.1. The highest BCUT2D eigenvalue weighted by Crippen LogP contribution is 2.34. The smallest absolute Gasteiger partial charge is 0.225 e. The van der Waals surface area contributed by atoms with Crippen LogP contribution in [-0.2, 0) is 4.79 Å². The number of rotatable bonds is 7. The van der Waals surface area contributed by atoms with E-state index in [0.29, 0.717) is 6.54 Å². The van der Waals surface area contributed by atoms with Crippen molar-refractivity contribution in [2.75, 3.05) is 25.1 Å². The quantitative estimate of drug-likeness (QED) is 0.531. The molecule has 1 fully saturated rings. The standard InChI is InChI=1S/C26H30N4O2S/c1-18-9-11-23(12-10-18)33-26-24(27-13-14-28-26)30-15-5-7-21(17-30)25(31)29-19(2)20-6-4-8-22(16-20)32-3/h4,6,8-14,16,19,21H,5,7,15,17H2,1-3H3,(H,29,31)/t19-,21-/m0/s1. The molecule has 2 heterocycles. The van der Waals surface area contributed by atoms with E-state index in [-0.39, 0.29) is 17.9 Å². The van der Waals surface area contributed by atoms with Crippen LogP contribution in [0.25, 0.3) is 0 Å². The van der Waals surface area contributed by atoms with Crippen LogP contribution in [0.2, 0.25) is 0 Å². The number of ether oxygens (including phenoxy) is 1. The van der Waals surface area contributed by atoms with Gasteiger partial charge in [0.15, 0.2) is 5.82 Å². The van der Waals surface area contributed by atoms with Gasteiger partial charge in [-0.2, -0.15) is 0 Å². The SMILES string of the molecule is COc1cccc([C@H](C)NC(=O)[C@H]2CCCN(c3nccnc3Sc3ccc(C)cc3)C2)c1. The Hall–Kier alpha value is -3.06. The van der Waals surface area contributed by atoms with Crippen LogP contribution in [0.1, 0.15) is 36.9 Å². The van der Waals surface area contributed by atoms with E-state index in [1.54, 1.807) is 31.3 Å². The molecule has 172 valence electrons. The zero-order valence-corrected chi connectivity index (χ0v) is 20.1. The van der Waals surface area contributed by atoms with Crippen molar-refractivity contribution in [3.63, 3.8) is 0 Å². The summed E-state index contributed by atoms with van der Waals surface area (Å²) < 4.78 is 5.31. The fraction of sp³-hybridized carbons (Fsp3) is 0.346. The van der Waals surface area contributed by atoms with Crippen LogP contribution < -0.4 is 15.0 Å². The summed E-state index contributed by atoms with van der Waals surface area (Å²) in [6, 6.07) is 16.1. The molecule has 1 saturated heterocycles. The van der Waals surface area contributed by atoms with Gasteiger partial charge in [0.1, 0.15) is 10.8 Å². The highest BCUT2D eigenvalue weighted by Gasteiger charge is 2.29. The van der Waals surface area contributed by atoms with Gasteiger partial charge in [0, 0.05) is 30.4 Å². The van der Waals surface area contributed by atoms with Gasteiger partial charge in [-0.1, -0.05) is 41.6 Å². The zero-order chi connectivity index (χ0) is 23.2. The van der Waals surface area contributed by atoms with E-state index in [4.69, 9.17) is 4.74 Å². The Morgan fingerprint density at radius 1 is 1.18 bits per heavy atom. The molecule has 0 spiro atoms. The highest BCUT2D eigenvalue weighted by atomic mass is 32.2. The predicted molar refractivity (Wildman–Crippen MR) is 132 cm³/mol. The molecule has 0 saturated carbocycles. The van der Waals surface area contributed by atoms with Crippen molar-refractivity contribution < 1.29 is 9.53 Å². The van der Waals surface area contributed by atoms with Crippen LogP contribution in [-0.4, -0.2) is 36.1 Å². The Bertz CT molecular complexity index is 1090. The summed E-state index contributed by atoms with van der Waals surface area (Å²) in [6.07, 6.45) is 5.26. The fourth-order valence-corrected chi connectivity index (χ4v) is 4.92. The summed E-state index contributed by atoms with van der Waals surface area (Å²) in [7, 11) is 1.65. The van der Waals surface area contributed by atoms with E-state index in [2.05, 4.69) is 51.4 Å². The lowest BCUT2D eigenvalue weighted by Gasteiger charge is -2.34. The van der Waals surface area contributed by atoms with Crippen molar-refractivity contribution >= 4 is 23.5 Å². The lowest BCUT2D eigenvalue weighted by Crippen LogP contribution is -2.44. The molecule has 0 radical (unpaired) electrons. The molecule has 1 N–H and O–H groups in total. The molecular formula is C26H30N4O2S. The number of aromatic nitrogens is 2. The number of hydrogen-bond donors (Lipinski definition) is 1. The summed E-state index contributed by atoms with van der Waals surface area (Å²) in [5.74, 6) is 1.62. The van der Waals surface area contributed by atoms with E-state index in [1.165, 1.54) is 5.56 Å². The molecule has 4 rings (SSSR count). The summed E-state index contributed by atoms with van der Waals surface area (Å²) in [5, 5.41) is 4.05. The van der Waals surface area contributed by atoms with Gasteiger partial charge in [-0.3, -0.25) is 4.79 Å². The Labute approximate surface area is 199 Å². The maximum atomic E-state index is 13.1. The number of benzene rings is 2. The van der Waals surface area contributed by atoms with Crippen molar-refractivity contribution in [1.29, 1.82) is 0 Å². The average molecular weight is 463 g/mol. The van der Waals surface area contributed by atoms with Gasteiger partial charge in [-0.15, -0.1) is 0 Å². The summed E-state index contributed by atoms with van der Waals surface area (Å²) in [5.41, 5.74) is 2.26. The molecular weight excluding hydrogens is 432 g/mol. The summed E-state index contributed by atoms with van der Waals surface area (Å²) in [4.78, 5) is 25.7. The van der Waals surface area contributed by atoms with Crippen LogP contribution >= 0.6 is 11.8 Å². The summed E-state index contributed by atoms with van der Waals surface area (Å²) >= 11 is 1.61. The van der Waals surface area contributed by atoms with Crippen LogP contribution in [0.5, 0.6) is 5.75 Å². The molecule has 2 aromatic carbocycles. The second kappa shape index (κ2) is 10.7. The number of methoxy groups -OCH3 is 1. The largest absolute Gasteiger partial charge is 0.497 e. The van der Waals surface area contributed by atoms with Crippen molar-refractivity contribution in [3.8, 4) is 5.75 Å². The van der Waals surface area contributed by atoms with Gasteiger partial charge in [-0.05, 0) is 56.5 Å². The molecule has 1 aliphatic heterocycles. The molecule has 1 aromatic heterocycles. The van der Waals surface area contributed by atoms with Crippen LogP contribution in [0.15, 0.2) is 70.8 Å². The van der Waals surface area contributed by atoms with Crippen LogP contribution in [0.4, 0.5) is 5.82 Å². The maximum absolute atomic E-state index is 13.1. The van der Waals surface area contributed by atoms with Gasteiger partial charge < -0.3 is 15.0 Å². The first-order chi connectivity index (χ1) is 16.0. The molecule has 6 nitrogen and oxygen atoms in total. The van der Waals surface area contributed by atoms with E-state index in [0.717, 1.165) is 46.4 Å². The van der Waals surface area contributed by atoms with Gasteiger partial charge in [0.05, 0.1) is 19.1 Å². The molecule has 2 atom stereocenters. The molecule has 1 aliphatic rings. The molecule has 3 aromatic rings. The monoisotopic (exact) mass is 462 g/mol. The van der Waals surface area contributed by atoms with Crippen molar-refractivity contribution in [3.05, 3.63) is 72.1 Å². The minimum absolute atomic E-state index is 0.0756. The lowest BCUT2D eigenvalue weighted by molar-refractivity contribution is -0.125. The second-order valence-electron chi connectivity index (χ2n) is 8.39. The van der Waals surface area contributed by atoms with E-state index in [9.17, 15) is 4.79 Å². The Balaban J connectivity index is 1.44. The molecule has 0 bridgehead atoms. The number of amides is 1. The number of aryl methyl sites for hydroxylation is 1.